The molecule has 0 fully saturated rings. The molecule has 0 saturated heterocycles. The lowest BCUT2D eigenvalue weighted by Crippen LogP contribution is -2.53. The van der Waals surface area contributed by atoms with Crippen LogP contribution in [0.4, 0.5) is 5.69 Å². The van der Waals surface area contributed by atoms with E-state index < -0.39 is 28.5 Å². The monoisotopic (exact) mass is 535 g/mol. The van der Waals surface area contributed by atoms with Gasteiger partial charge in [0.15, 0.2) is 0 Å². The lowest BCUT2D eigenvalue weighted by atomic mass is 10.1. The molecule has 0 unspecified atom stereocenters. The molecule has 7 nitrogen and oxygen atoms in total. The van der Waals surface area contributed by atoms with Crippen LogP contribution in [0.25, 0.3) is 0 Å². The Morgan fingerprint density at radius 1 is 0.842 bits per heavy atom. The summed E-state index contributed by atoms with van der Waals surface area (Å²) in [4.78, 5) is 28.8. The molecule has 0 aliphatic carbocycles. The Morgan fingerprint density at radius 3 is 1.97 bits per heavy atom. The van der Waals surface area contributed by atoms with E-state index in [2.05, 4.69) is 5.32 Å². The predicted octanol–water partition coefficient (Wildman–Crippen LogP) is 4.91. The van der Waals surface area contributed by atoms with Crippen molar-refractivity contribution in [2.24, 2.45) is 0 Å². The number of amides is 2. The normalized spacial score (nSPS) is 12.8. The van der Waals surface area contributed by atoms with E-state index in [1.807, 2.05) is 70.2 Å². The average molecular weight is 536 g/mol. The van der Waals surface area contributed by atoms with Gasteiger partial charge in [0, 0.05) is 12.6 Å². The minimum Gasteiger partial charge on any atom is -0.352 e. The fourth-order valence-electron chi connectivity index (χ4n) is 4.10. The van der Waals surface area contributed by atoms with Crippen LogP contribution in [0.2, 0.25) is 0 Å². The Balaban J connectivity index is 2.02. The summed E-state index contributed by atoms with van der Waals surface area (Å²) < 4.78 is 28.7. The van der Waals surface area contributed by atoms with Crippen molar-refractivity contribution in [3.8, 4) is 0 Å². The maximum absolute atomic E-state index is 14.0. The van der Waals surface area contributed by atoms with Crippen molar-refractivity contribution in [1.29, 1.82) is 0 Å². The summed E-state index contributed by atoms with van der Waals surface area (Å²) in [6.07, 6.45) is 1.14. The van der Waals surface area contributed by atoms with Gasteiger partial charge in [-0.25, -0.2) is 8.42 Å². The average Bonchev–Trinajstić information content (AvgIpc) is 2.93. The van der Waals surface area contributed by atoms with Crippen LogP contribution in [0.1, 0.15) is 44.7 Å². The molecular weight excluding hydrogens is 498 g/mol. The highest BCUT2D eigenvalue weighted by Crippen LogP contribution is 2.25. The molecule has 8 heteroatoms. The fourth-order valence-corrected chi connectivity index (χ4v) is 5.54. The number of aryl methyl sites for hydroxylation is 1. The first-order chi connectivity index (χ1) is 18.2. The zero-order chi connectivity index (χ0) is 27.7. The molecule has 38 heavy (non-hydrogen) atoms. The topological polar surface area (TPSA) is 86.8 Å². The Hall–Kier alpha value is -3.65. The summed E-state index contributed by atoms with van der Waals surface area (Å²) in [6.45, 7) is 7.39. The first-order valence-electron chi connectivity index (χ1n) is 13.0. The van der Waals surface area contributed by atoms with E-state index >= 15 is 0 Å². The molecule has 2 amide bonds. The number of carbonyl (C=O) groups is 2. The number of nitrogens with one attached hydrogen (secondary N) is 1. The Labute approximate surface area is 226 Å². The van der Waals surface area contributed by atoms with E-state index in [1.165, 1.54) is 17.0 Å². The number of sulfonamides is 1. The van der Waals surface area contributed by atoms with E-state index in [9.17, 15) is 18.0 Å². The third-order valence-electron chi connectivity index (χ3n) is 6.51. The second kappa shape index (κ2) is 13.2. The molecule has 2 atom stereocenters. The highest BCUT2D eigenvalue weighted by molar-refractivity contribution is 7.92. The minimum atomic E-state index is -4.06. The Kier molecular flexibility index (Phi) is 10.1. The molecule has 3 aromatic carbocycles. The molecular formula is C30H37N3O4S. The molecule has 0 saturated carbocycles. The van der Waals surface area contributed by atoms with Crippen molar-refractivity contribution in [2.75, 3.05) is 10.8 Å². The van der Waals surface area contributed by atoms with Crippen LogP contribution >= 0.6 is 0 Å². The number of carbonyl (C=O) groups excluding carboxylic acids is 2. The highest BCUT2D eigenvalue weighted by Gasteiger charge is 2.33. The summed E-state index contributed by atoms with van der Waals surface area (Å²) in [5.41, 5.74) is 2.20. The standard InChI is InChI=1S/C30H37N3O4S/c1-5-24(4)31-30(35)28(6-2)32(21-25-13-9-7-10-14-25)29(34)22-33(26-19-17-23(3)18-20-26)38(36,37)27-15-11-8-12-16-27/h7-20,24,28H,5-6,21-22H2,1-4H3,(H,31,35)/t24-,28+/m1/s1. The molecule has 0 bridgehead atoms. The van der Waals surface area contributed by atoms with Crippen LogP contribution in [0.3, 0.4) is 0 Å². The van der Waals surface area contributed by atoms with Gasteiger partial charge in [-0.3, -0.25) is 13.9 Å². The van der Waals surface area contributed by atoms with Gasteiger partial charge in [-0.05, 0) is 56.5 Å². The lowest BCUT2D eigenvalue weighted by molar-refractivity contribution is -0.140. The van der Waals surface area contributed by atoms with Crippen molar-refractivity contribution in [3.63, 3.8) is 0 Å². The largest absolute Gasteiger partial charge is 0.352 e. The van der Waals surface area contributed by atoms with Gasteiger partial charge in [0.05, 0.1) is 10.6 Å². The number of hydrogen-bond acceptors (Lipinski definition) is 4. The zero-order valence-electron chi connectivity index (χ0n) is 22.5. The second-order valence-electron chi connectivity index (χ2n) is 9.41. The SMILES string of the molecule is CC[C@@H](C)NC(=O)[C@H](CC)N(Cc1ccccc1)C(=O)CN(c1ccc(C)cc1)S(=O)(=O)c1ccccc1. The van der Waals surface area contributed by atoms with Gasteiger partial charge in [0.25, 0.3) is 10.0 Å². The van der Waals surface area contributed by atoms with E-state index in [0.717, 1.165) is 21.9 Å². The highest BCUT2D eigenvalue weighted by atomic mass is 32.2. The Morgan fingerprint density at radius 2 is 1.42 bits per heavy atom. The molecule has 0 heterocycles. The summed E-state index contributed by atoms with van der Waals surface area (Å²) in [5, 5.41) is 2.98. The summed E-state index contributed by atoms with van der Waals surface area (Å²) >= 11 is 0. The molecule has 0 aliphatic rings. The van der Waals surface area contributed by atoms with E-state index in [0.29, 0.717) is 12.1 Å². The van der Waals surface area contributed by atoms with Gasteiger partial charge >= 0.3 is 0 Å². The quantitative estimate of drug-likeness (QED) is 0.357. The minimum absolute atomic E-state index is 0.0484. The molecule has 1 N–H and O–H groups in total. The molecule has 202 valence electrons. The molecule has 0 spiro atoms. The third-order valence-corrected chi connectivity index (χ3v) is 8.30. The maximum Gasteiger partial charge on any atom is 0.264 e. The summed E-state index contributed by atoms with van der Waals surface area (Å²) in [5.74, 6) is -0.709. The van der Waals surface area contributed by atoms with Crippen molar-refractivity contribution >= 4 is 27.5 Å². The predicted molar refractivity (Wildman–Crippen MR) is 151 cm³/mol. The fraction of sp³-hybridized carbons (Fsp3) is 0.333. The Bertz CT molecular complexity index is 1300. The molecule has 0 aliphatic heterocycles. The number of anilines is 1. The number of hydrogen-bond donors (Lipinski definition) is 1. The molecule has 3 rings (SSSR count). The first kappa shape index (κ1) is 28.9. The van der Waals surface area contributed by atoms with Crippen LogP contribution < -0.4 is 9.62 Å². The number of benzene rings is 3. The van der Waals surface area contributed by atoms with Crippen LogP contribution in [0.5, 0.6) is 0 Å². The summed E-state index contributed by atoms with van der Waals surface area (Å²) in [6, 6.07) is 23.7. The van der Waals surface area contributed by atoms with E-state index in [4.69, 9.17) is 0 Å². The van der Waals surface area contributed by atoms with Gasteiger partial charge in [-0.15, -0.1) is 0 Å². The first-order valence-corrected chi connectivity index (χ1v) is 14.4. The third kappa shape index (κ3) is 7.22. The van der Waals surface area contributed by atoms with Gasteiger partial charge in [0.2, 0.25) is 11.8 Å². The van der Waals surface area contributed by atoms with E-state index in [1.54, 1.807) is 30.3 Å². The van der Waals surface area contributed by atoms with Crippen LogP contribution in [0.15, 0.2) is 89.8 Å². The second-order valence-corrected chi connectivity index (χ2v) is 11.3. The summed E-state index contributed by atoms with van der Waals surface area (Å²) in [7, 11) is -4.06. The van der Waals surface area contributed by atoms with Crippen molar-refractivity contribution < 1.29 is 18.0 Å². The van der Waals surface area contributed by atoms with Crippen LogP contribution in [0, 0.1) is 6.92 Å². The zero-order valence-corrected chi connectivity index (χ0v) is 23.3. The van der Waals surface area contributed by atoms with Crippen molar-refractivity contribution in [3.05, 3.63) is 96.1 Å². The van der Waals surface area contributed by atoms with Gasteiger partial charge in [-0.1, -0.05) is 80.1 Å². The molecule has 0 radical (unpaired) electrons. The van der Waals surface area contributed by atoms with Crippen molar-refractivity contribution in [2.45, 2.75) is 64.1 Å². The van der Waals surface area contributed by atoms with Crippen molar-refractivity contribution in [1.82, 2.24) is 10.2 Å². The van der Waals surface area contributed by atoms with Gasteiger partial charge < -0.3 is 10.2 Å². The van der Waals surface area contributed by atoms with Gasteiger partial charge in [-0.2, -0.15) is 0 Å². The maximum atomic E-state index is 14.0. The van der Waals surface area contributed by atoms with Crippen LogP contribution in [-0.4, -0.2) is 43.8 Å². The molecule has 0 aromatic heterocycles. The smallest absolute Gasteiger partial charge is 0.264 e. The van der Waals surface area contributed by atoms with E-state index in [-0.39, 0.29) is 23.4 Å². The number of nitrogens with zero attached hydrogens (tertiary/aromatic N) is 2. The van der Waals surface area contributed by atoms with Crippen LogP contribution in [-0.2, 0) is 26.2 Å². The lowest BCUT2D eigenvalue weighted by Gasteiger charge is -2.33. The number of rotatable bonds is 12. The van der Waals surface area contributed by atoms with Gasteiger partial charge in [0.1, 0.15) is 12.6 Å². The molecule has 3 aromatic rings.